The molecule has 0 saturated carbocycles. The van der Waals surface area contributed by atoms with Crippen LogP contribution >= 0.6 is 7.75 Å². The number of aromatic nitrogens is 4. The highest BCUT2D eigenvalue weighted by Gasteiger charge is 2.40. The third-order valence-corrected chi connectivity index (χ3v) is 7.33. The van der Waals surface area contributed by atoms with Crippen LogP contribution in [0.15, 0.2) is 41.8 Å². The van der Waals surface area contributed by atoms with Gasteiger partial charge in [0.15, 0.2) is 11.2 Å². The lowest BCUT2D eigenvalue weighted by Crippen LogP contribution is -2.36. The number of methoxy groups -OCH3 is 1. The van der Waals surface area contributed by atoms with Crippen molar-refractivity contribution in [3.05, 3.63) is 47.1 Å². The molecular formula is C22H28N9O7P. The third kappa shape index (κ3) is 6.56. The van der Waals surface area contributed by atoms with Gasteiger partial charge >= 0.3 is 13.7 Å². The molecule has 16 nitrogen and oxygen atoms in total. The Hall–Kier alpha value is -3.94. The highest BCUT2D eigenvalue weighted by atomic mass is 31.2. The van der Waals surface area contributed by atoms with Gasteiger partial charge in [0.1, 0.15) is 18.0 Å². The van der Waals surface area contributed by atoms with Crippen LogP contribution in [-0.4, -0.2) is 64.0 Å². The smallest absolute Gasteiger partial charge is 0.459 e. The van der Waals surface area contributed by atoms with Gasteiger partial charge in [0, 0.05) is 11.3 Å². The van der Waals surface area contributed by atoms with Crippen LogP contribution in [0.5, 0.6) is 11.6 Å². The molecule has 1 aliphatic rings. The number of carbonyl (C=O) groups is 1. The number of benzene rings is 1. The number of nitrogens with zero attached hydrogens (tertiary/aromatic N) is 7. The van der Waals surface area contributed by atoms with Crippen molar-refractivity contribution in [1.29, 1.82) is 0 Å². The Bertz CT molecular complexity index is 1400. The zero-order valence-electron chi connectivity index (χ0n) is 21.4. The lowest BCUT2D eigenvalue weighted by atomic mass is 10.1. The fraction of sp³-hybridized carbons (Fsp3) is 0.455. The summed E-state index contributed by atoms with van der Waals surface area (Å²) in [5.74, 6) is -0.212. The molecule has 2 aromatic heterocycles. The third-order valence-electron chi connectivity index (χ3n) is 5.68. The largest absolute Gasteiger partial charge is 0.479 e. The normalized spacial score (nSPS) is 21.1. The van der Waals surface area contributed by atoms with Crippen molar-refractivity contribution in [3.8, 4) is 11.6 Å². The SMILES string of the molecule is CCOC(=O)[C@H](C)NP(=O)(OC[C@H]1O[C@@H](n2cnc3c(OC)nc(N)nc32)C[C@@H]1N=[N+]=[N-])Oc1ccccc1. The van der Waals surface area contributed by atoms with E-state index >= 15 is 0 Å². The summed E-state index contributed by atoms with van der Waals surface area (Å²) in [5, 5.41) is 6.43. The number of hydrogen-bond acceptors (Lipinski definition) is 12. The van der Waals surface area contributed by atoms with Crippen molar-refractivity contribution in [1.82, 2.24) is 24.6 Å². The summed E-state index contributed by atoms with van der Waals surface area (Å²) < 4.78 is 43.1. The summed E-state index contributed by atoms with van der Waals surface area (Å²) in [5.41, 5.74) is 15.7. The van der Waals surface area contributed by atoms with Gasteiger partial charge in [-0.1, -0.05) is 23.3 Å². The summed E-state index contributed by atoms with van der Waals surface area (Å²) in [6, 6.07) is 6.61. The standard InChI is InChI=1S/C22H28N9O7P/c1-4-35-21(32)13(2)29-39(33,38-14-8-6-5-7-9-14)36-11-16-15(28-30-24)10-17(37-16)31-12-25-18-19(31)26-22(23)27-20(18)34-3/h5-9,12-13,15-17H,4,10-11H2,1-3H3,(H,29,33)(H2,23,26,27)/t13-,15-,16+,17+,39?/m0/s1. The molecule has 1 fully saturated rings. The van der Waals surface area contributed by atoms with Gasteiger partial charge in [0.2, 0.25) is 11.8 Å². The number of rotatable bonds is 12. The Morgan fingerprint density at radius 2 is 2.15 bits per heavy atom. The van der Waals surface area contributed by atoms with Crippen molar-refractivity contribution in [2.45, 2.75) is 44.7 Å². The molecule has 5 atom stereocenters. The van der Waals surface area contributed by atoms with Crippen LogP contribution < -0.4 is 20.1 Å². The van der Waals surface area contributed by atoms with E-state index in [9.17, 15) is 9.36 Å². The van der Waals surface area contributed by atoms with Crippen LogP contribution in [0.4, 0.5) is 5.95 Å². The number of azide groups is 1. The first-order chi connectivity index (χ1) is 18.8. The average Bonchev–Trinajstić information content (AvgIpc) is 3.51. The second-order valence-corrected chi connectivity index (χ2v) is 10.0. The van der Waals surface area contributed by atoms with Gasteiger partial charge < -0.3 is 24.5 Å². The van der Waals surface area contributed by atoms with Crippen molar-refractivity contribution in [2.24, 2.45) is 5.11 Å². The molecule has 39 heavy (non-hydrogen) atoms. The number of carbonyl (C=O) groups excluding carboxylic acids is 1. The highest BCUT2D eigenvalue weighted by Crippen LogP contribution is 2.46. The fourth-order valence-corrected chi connectivity index (χ4v) is 5.42. The molecule has 3 aromatic rings. The number of ether oxygens (including phenoxy) is 3. The van der Waals surface area contributed by atoms with Crippen molar-refractivity contribution in [2.75, 3.05) is 26.1 Å². The van der Waals surface area contributed by atoms with Gasteiger partial charge in [-0.2, -0.15) is 15.1 Å². The van der Waals surface area contributed by atoms with Gasteiger partial charge in [0.05, 0.1) is 38.8 Å². The molecule has 4 rings (SSSR count). The van der Waals surface area contributed by atoms with Gasteiger partial charge in [-0.05, 0) is 31.5 Å². The first-order valence-electron chi connectivity index (χ1n) is 11.9. The van der Waals surface area contributed by atoms with E-state index in [0.717, 1.165) is 0 Å². The summed E-state index contributed by atoms with van der Waals surface area (Å²) >= 11 is 0. The van der Waals surface area contributed by atoms with E-state index in [4.69, 9.17) is 34.5 Å². The number of para-hydroxylation sites is 1. The predicted molar refractivity (Wildman–Crippen MR) is 138 cm³/mol. The minimum Gasteiger partial charge on any atom is -0.479 e. The maximum absolute atomic E-state index is 13.7. The molecule has 3 N–H and O–H groups in total. The molecule has 1 saturated heterocycles. The second kappa shape index (κ2) is 12.3. The lowest BCUT2D eigenvalue weighted by molar-refractivity contribution is -0.144. The van der Waals surface area contributed by atoms with Crippen LogP contribution in [0.3, 0.4) is 0 Å². The van der Waals surface area contributed by atoms with E-state index in [0.29, 0.717) is 11.2 Å². The molecule has 1 unspecified atom stereocenters. The van der Waals surface area contributed by atoms with Crippen LogP contribution in [0, 0.1) is 0 Å². The fourth-order valence-electron chi connectivity index (χ4n) is 3.92. The Morgan fingerprint density at radius 3 is 2.85 bits per heavy atom. The lowest BCUT2D eigenvalue weighted by Gasteiger charge is -2.24. The van der Waals surface area contributed by atoms with Crippen molar-refractivity contribution in [3.63, 3.8) is 0 Å². The zero-order valence-corrected chi connectivity index (χ0v) is 22.3. The predicted octanol–water partition coefficient (Wildman–Crippen LogP) is 3.13. The number of nitrogens with one attached hydrogen (secondary N) is 1. The van der Waals surface area contributed by atoms with E-state index in [2.05, 4.69) is 30.1 Å². The van der Waals surface area contributed by atoms with E-state index in [-0.39, 0.29) is 37.2 Å². The van der Waals surface area contributed by atoms with E-state index in [1.165, 1.54) is 20.4 Å². The number of fused-ring (bicyclic) bond motifs is 1. The van der Waals surface area contributed by atoms with Crippen LogP contribution in [0.1, 0.15) is 26.5 Å². The number of esters is 1. The molecule has 0 spiro atoms. The number of imidazole rings is 1. The van der Waals surface area contributed by atoms with Crippen molar-refractivity contribution < 1.29 is 32.6 Å². The first kappa shape index (κ1) is 28.1. The van der Waals surface area contributed by atoms with E-state index in [1.54, 1.807) is 41.8 Å². The molecule has 1 aromatic carbocycles. The Morgan fingerprint density at radius 1 is 1.38 bits per heavy atom. The zero-order chi connectivity index (χ0) is 28.0. The Labute approximate surface area is 223 Å². The number of hydrogen-bond donors (Lipinski definition) is 2. The summed E-state index contributed by atoms with van der Waals surface area (Å²) in [7, 11) is -2.71. The summed E-state index contributed by atoms with van der Waals surface area (Å²) in [4.78, 5) is 27.6. The van der Waals surface area contributed by atoms with E-state index < -0.39 is 38.1 Å². The molecule has 0 bridgehead atoms. The first-order valence-corrected chi connectivity index (χ1v) is 13.5. The maximum atomic E-state index is 13.7. The minimum absolute atomic E-state index is 0.0219. The number of nitrogens with two attached hydrogens (primary N) is 1. The Kier molecular flexibility index (Phi) is 8.84. The van der Waals surface area contributed by atoms with Gasteiger partial charge in [-0.25, -0.2) is 9.55 Å². The topological polar surface area (TPSA) is 211 Å². The maximum Gasteiger partial charge on any atom is 0.459 e. The molecule has 1 aliphatic heterocycles. The number of anilines is 1. The van der Waals surface area contributed by atoms with Gasteiger partial charge in [-0.15, -0.1) is 0 Å². The molecular weight excluding hydrogens is 533 g/mol. The second-order valence-electron chi connectivity index (χ2n) is 8.35. The van der Waals surface area contributed by atoms with E-state index in [1.807, 2.05) is 0 Å². The van der Waals surface area contributed by atoms with Crippen LogP contribution in [0.25, 0.3) is 21.6 Å². The minimum atomic E-state index is -4.15. The number of nitrogen functional groups attached to an aromatic ring is 1. The van der Waals surface area contributed by atoms with Crippen LogP contribution in [-0.2, 0) is 23.4 Å². The van der Waals surface area contributed by atoms with Crippen molar-refractivity contribution >= 4 is 30.8 Å². The molecule has 3 heterocycles. The molecule has 0 radical (unpaired) electrons. The van der Waals surface area contributed by atoms with Gasteiger partial charge in [-0.3, -0.25) is 13.9 Å². The highest BCUT2D eigenvalue weighted by molar-refractivity contribution is 7.52. The molecule has 0 amide bonds. The van der Waals surface area contributed by atoms with Crippen LogP contribution in [0.2, 0.25) is 0 Å². The monoisotopic (exact) mass is 561 g/mol. The average molecular weight is 561 g/mol. The quantitative estimate of drug-likeness (QED) is 0.107. The summed E-state index contributed by atoms with van der Waals surface area (Å²) in [6.45, 7) is 2.97. The molecule has 208 valence electrons. The summed E-state index contributed by atoms with van der Waals surface area (Å²) in [6.07, 6.45) is 0.191. The Balaban J connectivity index is 1.55. The van der Waals surface area contributed by atoms with Gasteiger partial charge in [0.25, 0.3) is 0 Å². The molecule has 0 aliphatic carbocycles. The molecule has 17 heteroatoms.